The van der Waals surface area contributed by atoms with Crippen LogP contribution < -0.4 is 5.73 Å². The molecule has 2 unspecified atom stereocenters. The van der Waals surface area contributed by atoms with Crippen molar-refractivity contribution < 1.29 is 4.74 Å². The molecule has 2 rings (SSSR count). The van der Waals surface area contributed by atoms with Gasteiger partial charge in [0, 0.05) is 12.6 Å². The minimum atomic E-state index is 0.212. The smallest absolute Gasteiger partial charge is 0.0620 e. The molecule has 1 aliphatic rings. The van der Waals surface area contributed by atoms with Crippen molar-refractivity contribution in [2.75, 3.05) is 13.2 Å². The second-order valence-electron chi connectivity index (χ2n) is 3.98. The van der Waals surface area contributed by atoms with Gasteiger partial charge in [0.15, 0.2) is 0 Å². The molecule has 0 amide bonds. The van der Waals surface area contributed by atoms with E-state index in [0.717, 1.165) is 26.1 Å². The van der Waals surface area contributed by atoms with Crippen molar-refractivity contribution >= 4 is 0 Å². The first kappa shape index (κ1) is 9.69. The van der Waals surface area contributed by atoms with E-state index in [2.05, 4.69) is 24.3 Å². The third-order valence-electron chi connectivity index (χ3n) is 2.89. The van der Waals surface area contributed by atoms with E-state index in [1.165, 1.54) is 5.56 Å². The van der Waals surface area contributed by atoms with Crippen LogP contribution in [-0.4, -0.2) is 19.3 Å². The van der Waals surface area contributed by atoms with Gasteiger partial charge in [0.1, 0.15) is 0 Å². The largest absolute Gasteiger partial charge is 0.380 e. The Morgan fingerprint density at radius 3 is 2.79 bits per heavy atom. The van der Waals surface area contributed by atoms with Gasteiger partial charge in [-0.3, -0.25) is 0 Å². The van der Waals surface area contributed by atoms with Crippen LogP contribution in [-0.2, 0) is 11.2 Å². The van der Waals surface area contributed by atoms with Gasteiger partial charge in [0.05, 0.1) is 6.61 Å². The van der Waals surface area contributed by atoms with E-state index in [1.807, 2.05) is 6.07 Å². The van der Waals surface area contributed by atoms with Gasteiger partial charge < -0.3 is 10.5 Å². The van der Waals surface area contributed by atoms with Crippen molar-refractivity contribution in [3.63, 3.8) is 0 Å². The molecule has 0 aromatic heterocycles. The zero-order chi connectivity index (χ0) is 9.80. The fraction of sp³-hybridized carbons (Fsp3) is 0.500. The fourth-order valence-corrected chi connectivity index (χ4v) is 1.97. The molecule has 2 N–H and O–H groups in total. The van der Waals surface area contributed by atoms with Crippen molar-refractivity contribution in [2.24, 2.45) is 11.7 Å². The fourth-order valence-electron chi connectivity index (χ4n) is 1.97. The normalized spacial score (nSPS) is 27.5. The topological polar surface area (TPSA) is 35.2 Å². The highest BCUT2D eigenvalue weighted by molar-refractivity contribution is 5.15. The van der Waals surface area contributed by atoms with Crippen LogP contribution in [0.5, 0.6) is 0 Å². The maximum atomic E-state index is 6.00. The molecule has 2 atom stereocenters. The summed E-state index contributed by atoms with van der Waals surface area (Å²) in [4.78, 5) is 0. The molecule has 0 radical (unpaired) electrons. The number of ether oxygens (including phenoxy) is 1. The van der Waals surface area contributed by atoms with Gasteiger partial charge in [-0.05, 0) is 24.3 Å². The molecule has 76 valence electrons. The predicted octanol–water partition coefficient (Wildman–Crippen LogP) is 1.59. The molecular formula is C12H17NO. The van der Waals surface area contributed by atoms with Crippen molar-refractivity contribution in [2.45, 2.75) is 18.9 Å². The van der Waals surface area contributed by atoms with Crippen molar-refractivity contribution in [1.29, 1.82) is 0 Å². The van der Waals surface area contributed by atoms with E-state index >= 15 is 0 Å². The molecule has 0 aliphatic carbocycles. The lowest BCUT2D eigenvalue weighted by atomic mass is 9.89. The molecule has 1 aromatic rings. The van der Waals surface area contributed by atoms with Crippen molar-refractivity contribution in [3.05, 3.63) is 35.9 Å². The average Bonchev–Trinajstić information content (AvgIpc) is 2.23. The number of rotatable bonds is 2. The summed E-state index contributed by atoms with van der Waals surface area (Å²) in [5, 5.41) is 0. The molecule has 1 saturated heterocycles. The number of hydrogen-bond donors (Lipinski definition) is 1. The summed E-state index contributed by atoms with van der Waals surface area (Å²) in [7, 11) is 0. The molecule has 1 aliphatic heterocycles. The standard InChI is InChI=1S/C12H17NO/c13-12-9-14-7-6-11(12)8-10-4-2-1-3-5-10/h1-5,11-12H,6-9,13H2. The van der Waals surface area contributed by atoms with Crippen LogP contribution in [0.1, 0.15) is 12.0 Å². The molecule has 1 heterocycles. The Labute approximate surface area is 85.1 Å². The molecule has 0 bridgehead atoms. The van der Waals surface area contributed by atoms with Gasteiger partial charge in [-0.2, -0.15) is 0 Å². The quantitative estimate of drug-likeness (QED) is 0.770. The monoisotopic (exact) mass is 191 g/mol. The van der Waals surface area contributed by atoms with Crippen LogP contribution >= 0.6 is 0 Å². The van der Waals surface area contributed by atoms with Crippen LogP contribution in [0, 0.1) is 5.92 Å². The van der Waals surface area contributed by atoms with Crippen LogP contribution in [0.25, 0.3) is 0 Å². The first-order valence-electron chi connectivity index (χ1n) is 5.23. The first-order chi connectivity index (χ1) is 6.86. The molecule has 0 spiro atoms. The van der Waals surface area contributed by atoms with Gasteiger partial charge in [-0.15, -0.1) is 0 Å². The molecular weight excluding hydrogens is 174 g/mol. The SMILES string of the molecule is NC1COCCC1Cc1ccccc1. The zero-order valence-electron chi connectivity index (χ0n) is 8.36. The molecule has 1 fully saturated rings. The van der Waals surface area contributed by atoms with E-state index in [0.29, 0.717) is 5.92 Å². The van der Waals surface area contributed by atoms with Crippen LogP contribution in [0.3, 0.4) is 0 Å². The molecule has 1 aromatic carbocycles. The van der Waals surface area contributed by atoms with Gasteiger partial charge >= 0.3 is 0 Å². The van der Waals surface area contributed by atoms with Gasteiger partial charge in [0.25, 0.3) is 0 Å². The van der Waals surface area contributed by atoms with Gasteiger partial charge in [0.2, 0.25) is 0 Å². The Kier molecular flexibility index (Phi) is 3.17. The van der Waals surface area contributed by atoms with E-state index in [9.17, 15) is 0 Å². The summed E-state index contributed by atoms with van der Waals surface area (Å²) in [5.74, 6) is 0.589. The van der Waals surface area contributed by atoms with Crippen molar-refractivity contribution in [1.82, 2.24) is 0 Å². The van der Waals surface area contributed by atoms with E-state index in [1.54, 1.807) is 0 Å². The predicted molar refractivity (Wildman–Crippen MR) is 57.0 cm³/mol. The maximum Gasteiger partial charge on any atom is 0.0620 e. The van der Waals surface area contributed by atoms with Crippen molar-refractivity contribution in [3.8, 4) is 0 Å². The first-order valence-corrected chi connectivity index (χ1v) is 5.23. The highest BCUT2D eigenvalue weighted by Gasteiger charge is 2.22. The lowest BCUT2D eigenvalue weighted by Crippen LogP contribution is -2.40. The zero-order valence-corrected chi connectivity index (χ0v) is 8.36. The second-order valence-corrected chi connectivity index (χ2v) is 3.98. The van der Waals surface area contributed by atoms with Crippen LogP contribution in [0.15, 0.2) is 30.3 Å². The van der Waals surface area contributed by atoms with E-state index in [-0.39, 0.29) is 6.04 Å². The second kappa shape index (κ2) is 4.58. The summed E-state index contributed by atoms with van der Waals surface area (Å²) in [6.45, 7) is 1.59. The lowest BCUT2D eigenvalue weighted by Gasteiger charge is -2.28. The summed E-state index contributed by atoms with van der Waals surface area (Å²) >= 11 is 0. The summed E-state index contributed by atoms with van der Waals surface area (Å²) in [5.41, 5.74) is 7.39. The summed E-state index contributed by atoms with van der Waals surface area (Å²) < 4.78 is 5.32. The lowest BCUT2D eigenvalue weighted by molar-refractivity contribution is 0.0492. The third kappa shape index (κ3) is 2.34. The Hall–Kier alpha value is -0.860. The molecule has 2 heteroatoms. The average molecular weight is 191 g/mol. The van der Waals surface area contributed by atoms with E-state index < -0.39 is 0 Å². The summed E-state index contributed by atoms with van der Waals surface area (Å²) in [6.07, 6.45) is 2.18. The number of hydrogen-bond acceptors (Lipinski definition) is 2. The minimum Gasteiger partial charge on any atom is -0.380 e. The maximum absolute atomic E-state index is 6.00. The highest BCUT2D eigenvalue weighted by atomic mass is 16.5. The highest BCUT2D eigenvalue weighted by Crippen LogP contribution is 2.19. The van der Waals surface area contributed by atoms with Crippen LogP contribution in [0.2, 0.25) is 0 Å². The van der Waals surface area contributed by atoms with E-state index in [4.69, 9.17) is 10.5 Å². The number of benzene rings is 1. The Morgan fingerprint density at radius 2 is 2.07 bits per heavy atom. The Bertz CT molecular complexity index is 273. The minimum absolute atomic E-state index is 0.212. The third-order valence-corrected chi connectivity index (χ3v) is 2.89. The summed E-state index contributed by atoms with van der Waals surface area (Å²) in [6, 6.07) is 10.8. The Balaban J connectivity index is 1.96. The van der Waals surface area contributed by atoms with Gasteiger partial charge in [-0.25, -0.2) is 0 Å². The van der Waals surface area contributed by atoms with Gasteiger partial charge in [-0.1, -0.05) is 30.3 Å². The number of nitrogens with two attached hydrogens (primary N) is 1. The Morgan fingerprint density at radius 1 is 1.29 bits per heavy atom. The molecule has 2 nitrogen and oxygen atoms in total. The molecule has 0 saturated carbocycles. The van der Waals surface area contributed by atoms with Crippen LogP contribution in [0.4, 0.5) is 0 Å². The molecule has 14 heavy (non-hydrogen) atoms.